The molecule has 0 unspecified atom stereocenters. The molecule has 0 fully saturated rings. The average molecular weight is 202 g/mol. The van der Waals surface area contributed by atoms with E-state index in [9.17, 15) is 4.79 Å². The molecule has 2 nitrogen and oxygen atoms in total. The van der Waals surface area contributed by atoms with E-state index >= 15 is 0 Å². The van der Waals surface area contributed by atoms with Crippen LogP contribution in [-0.4, -0.2) is 11.1 Å². The van der Waals surface area contributed by atoms with Crippen LogP contribution in [0.2, 0.25) is 0 Å². The molecule has 0 aliphatic heterocycles. The topological polar surface area (TPSA) is 37.3 Å². The first-order valence-electron chi connectivity index (χ1n) is 5.02. The van der Waals surface area contributed by atoms with Gasteiger partial charge < -0.3 is 5.11 Å². The van der Waals surface area contributed by atoms with E-state index in [1.54, 1.807) is 0 Å². The molecule has 0 heterocycles. The molecule has 1 aromatic rings. The number of carboxylic acids is 1. The Hall–Kier alpha value is -1.75. The number of hydrogen-bond acceptors (Lipinski definition) is 1. The van der Waals surface area contributed by atoms with E-state index in [1.807, 2.05) is 24.3 Å². The maximum atomic E-state index is 10.2. The Morgan fingerprint density at radius 1 is 1.33 bits per heavy atom. The van der Waals surface area contributed by atoms with Gasteiger partial charge in [-0.1, -0.05) is 30.9 Å². The molecule has 0 bridgehead atoms. The summed E-state index contributed by atoms with van der Waals surface area (Å²) in [7, 11) is 0. The van der Waals surface area contributed by atoms with Crippen LogP contribution in [-0.2, 0) is 11.2 Å². The van der Waals surface area contributed by atoms with Gasteiger partial charge in [-0.25, -0.2) is 0 Å². The molecule has 0 saturated heterocycles. The molecular weight excluding hydrogens is 188 g/mol. The number of aliphatic carboxylic acids is 1. The number of aryl methyl sites for hydroxylation is 1. The predicted octanol–water partition coefficient (Wildman–Crippen LogP) is 2.47. The van der Waals surface area contributed by atoms with Gasteiger partial charge in [0.2, 0.25) is 0 Å². The Bertz CT molecular complexity index is 379. The molecule has 0 radical (unpaired) electrons. The molecule has 1 rings (SSSR count). The van der Waals surface area contributed by atoms with Gasteiger partial charge in [0.25, 0.3) is 0 Å². The number of carboxylic acid groups (broad SMARTS) is 1. The largest absolute Gasteiger partial charge is 0.481 e. The third-order valence-electron chi connectivity index (χ3n) is 2.06. The number of benzene rings is 1. The van der Waals surface area contributed by atoms with Crippen LogP contribution in [0.15, 0.2) is 24.3 Å². The summed E-state index contributed by atoms with van der Waals surface area (Å²) in [4.78, 5) is 10.2. The predicted molar refractivity (Wildman–Crippen MR) is 59.6 cm³/mol. The highest BCUT2D eigenvalue weighted by molar-refractivity contribution is 5.67. The normalized spacial score (nSPS) is 9.13. The molecule has 0 aromatic heterocycles. The third kappa shape index (κ3) is 4.33. The van der Waals surface area contributed by atoms with Crippen molar-refractivity contribution < 1.29 is 9.90 Å². The van der Waals surface area contributed by atoms with Crippen LogP contribution in [0.3, 0.4) is 0 Å². The van der Waals surface area contributed by atoms with E-state index in [0.717, 1.165) is 12.0 Å². The van der Waals surface area contributed by atoms with E-state index < -0.39 is 5.97 Å². The summed E-state index contributed by atoms with van der Waals surface area (Å²) in [6.07, 6.45) is 1.54. The van der Waals surface area contributed by atoms with Gasteiger partial charge in [0.05, 0.1) is 6.42 Å². The molecule has 78 valence electrons. The smallest absolute Gasteiger partial charge is 0.304 e. The van der Waals surface area contributed by atoms with Crippen molar-refractivity contribution in [2.75, 3.05) is 0 Å². The van der Waals surface area contributed by atoms with Crippen molar-refractivity contribution in [3.63, 3.8) is 0 Å². The lowest BCUT2D eigenvalue weighted by atomic mass is 10.1. The quantitative estimate of drug-likeness (QED) is 0.764. The highest BCUT2D eigenvalue weighted by Gasteiger charge is 1.92. The van der Waals surface area contributed by atoms with Crippen molar-refractivity contribution in [2.45, 2.75) is 26.2 Å². The summed E-state index contributed by atoms with van der Waals surface area (Å²) in [5, 5.41) is 8.41. The molecule has 1 aromatic carbocycles. The Morgan fingerprint density at radius 2 is 2.00 bits per heavy atom. The molecule has 0 atom stereocenters. The number of carbonyl (C=O) groups is 1. The highest BCUT2D eigenvalue weighted by atomic mass is 16.4. The second-order valence-electron chi connectivity index (χ2n) is 3.25. The summed E-state index contributed by atoms with van der Waals surface area (Å²) < 4.78 is 0. The van der Waals surface area contributed by atoms with E-state index in [0.29, 0.717) is 6.42 Å². The molecule has 2 heteroatoms. The van der Waals surface area contributed by atoms with Gasteiger partial charge in [0, 0.05) is 12.0 Å². The molecule has 0 aliphatic rings. The zero-order valence-corrected chi connectivity index (χ0v) is 8.79. The van der Waals surface area contributed by atoms with Crippen LogP contribution >= 0.6 is 0 Å². The minimum atomic E-state index is -0.800. The minimum absolute atomic E-state index is 0.111. The second kappa shape index (κ2) is 5.87. The van der Waals surface area contributed by atoms with Crippen molar-refractivity contribution in [1.29, 1.82) is 0 Å². The Kier molecular flexibility index (Phi) is 4.43. The van der Waals surface area contributed by atoms with Crippen molar-refractivity contribution in [1.82, 2.24) is 0 Å². The van der Waals surface area contributed by atoms with E-state index in [4.69, 9.17) is 5.11 Å². The first-order chi connectivity index (χ1) is 7.22. The summed E-state index contributed by atoms with van der Waals surface area (Å²) in [5.74, 6) is 4.98. The van der Waals surface area contributed by atoms with Crippen LogP contribution in [0.1, 0.15) is 30.9 Å². The van der Waals surface area contributed by atoms with Crippen LogP contribution in [0, 0.1) is 11.8 Å². The van der Waals surface area contributed by atoms with Crippen molar-refractivity contribution in [3.8, 4) is 11.8 Å². The molecular formula is C13H14O2. The molecule has 0 aliphatic carbocycles. The molecule has 0 spiro atoms. The van der Waals surface area contributed by atoms with E-state index in [-0.39, 0.29) is 6.42 Å². The van der Waals surface area contributed by atoms with Crippen LogP contribution in [0.25, 0.3) is 0 Å². The van der Waals surface area contributed by atoms with Gasteiger partial charge >= 0.3 is 5.97 Å². The summed E-state index contributed by atoms with van der Waals surface area (Å²) in [6, 6.07) is 8.02. The van der Waals surface area contributed by atoms with Crippen LogP contribution < -0.4 is 0 Å². The maximum Gasteiger partial charge on any atom is 0.304 e. The fraction of sp³-hybridized carbons (Fsp3) is 0.308. The summed E-state index contributed by atoms with van der Waals surface area (Å²) in [6.45, 7) is 2.10. The lowest BCUT2D eigenvalue weighted by Gasteiger charge is -1.94. The first-order valence-corrected chi connectivity index (χ1v) is 5.02. The van der Waals surface area contributed by atoms with E-state index in [1.165, 1.54) is 5.56 Å². The van der Waals surface area contributed by atoms with Gasteiger partial charge in [-0.2, -0.15) is 0 Å². The standard InChI is InChI=1S/C13H14O2/c1-2-11-7-9-12(10-8-11)5-3-4-6-13(14)15/h7-10H,2,4,6H2,1H3,(H,14,15). The van der Waals surface area contributed by atoms with E-state index in [2.05, 4.69) is 18.8 Å². The van der Waals surface area contributed by atoms with Gasteiger partial charge in [-0.15, -0.1) is 0 Å². The number of rotatable bonds is 3. The van der Waals surface area contributed by atoms with Crippen LogP contribution in [0.5, 0.6) is 0 Å². The van der Waals surface area contributed by atoms with Crippen LogP contribution in [0.4, 0.5) is 0 Å². The minimum Gasteiger partial charge on any atom is -0.481 e. The number of hydrogen-bond donors (Lipinski definition) is 1. The first kappa shape index (κ1) is 11.3. The molecule has 15 heavy (non-hydrogen) atoms. The Balaban J connectivity index is 2.52. The molecule has 0 amide bonds. The van der Waals surface area contributed by atoms with Gasteiger partial charge in [0.15, 0.2) is 0 Å². The average Bonchev–Trinajstić information content (AvgIpc) is 2.25. The Morgan fingerprint density at radius 3 is 2.53 bits per heavy atom. The molecule has 0 saturated carbocycles. The monoisotopic (exact) mass is 202 g/mol. The van der Waals surface area contributed by atoms with Gasteiger partial charge in [-0.3, -0.25) is 4.79 Å². The van der Waals surface area contributed by atoms with Gasteiger partial charge in [0.1, 0.15) is 0 Å². The third-order valence-corrected chi connectivity index (χ3v) is 2.06. The van der Waals surface area contributed by atoms with Gasteiger partial charge in [-0.05, 0) is 24.1 Å². The fourth-order valence-electron chi connectivity index (χ4n) is 1.16. The summed E-state index contributed by atoms with van der Waals surface area (Å²) >= 11 is 0. The highest BCUT2D eigenvalue weighted by Crippen LogP contribution is 2.03. The van der Waals surface area contributed by atoms with Crippen molar-refractivity contribution in [3.05, 3.63) is 35.4 Å². The zero-order valence-electron chi connectivity index (χ0n) is 8.79. The lowest BCUT2D eigenvalue weighted by molar-refractivity contribution is -0.136. The van der Waals surface area contributed by atoms with Crippen molar-refractivity contribution >= 4 is 5.97 Å². The molecule has 1 N–H and O–H groups in total. The fourth-order valence-corrected chi connectivity index (χ4v) is 1.16. The maximum absolute atomic E-state index is 10.2. The van der Waals surface area contributed by atoms with Crippen molar-refractivity contribution in [2.24, 2.45) is 0 Å². The Labute approximate surface area is 89.9 Å². The SMILES string of the molecule is CCc1ccc(C#CCCC(=O)O)cc1. The second-order valence-corrected chi connectivity index (χ2v) is 3.25. The summed E-state index contributed by atoms with van der Waals surface area (Å²) in [5.41, 5.74) is 2.23. The zero-order chi connectivity index (χ0) is 11.1. The lowest BCUT2D eigenvalue weighted by Crippen LogP contribution is -1.91.